The molecule has 1 aliphatic heterocycles. The predicted octanol–water partition coefficient (Wildman–Crippen LogP) is 1.60. The highest BCUT2D eigenvalue weighted by atomic mass is 35.5. The van der Waals surface area contributed by atoms with Crippen LogP contribution >= 0.6 is 11.6 Å². The molecule has 0 saturated carbocycles. The highest BCUT2D eigenvalue weighted by Crippen LogP contribution is 2.28. The first-order valence-electron chi connectivity index (χ1n) is 7.56. The van der Waals surface area contributed by atoms with Gasteiger partial charge in [0.05, 0.1) is 11.1 Å². The molecule has 118 valence electrons. The van der Waals surface area contributed by atoms with Crippen molar-refractivity contribution in [1.82, 2.24) is 20.1 Å². The summed E-state index contributed by atoms with van der Waals surface area (Å²) >= 11 is 6.13. The Balaban J connectivity index is 2.30. The van der Waals surface area contributed by atoms with Crippen molar-refractivity contribution in [2.75, 3.05) is 46.0 Å². The fourth-order valence-electron chi connectivity index (χ4n) is 2.87. The Labute approximate surface area is 132 Å². The van der Waals surface area contributed by atoms with Crippen LogP contribution in [-0.2, 0) is 0 Å². The van der Waals surface area contributed by atoms with Crippen molar-refractivity contribution in [3.8, 4) is 0 Å². The molecule has 0 radical (unpaired) electrons. The standard InChI is InChI=1S/C15H26ClN5/c1-4-5-18-14(12-8-11(16)9-19-15(12)17)13-10-20(2)6-7-21(13)3/h8-9,13-14,18H,4-7,10H2,1-3H3,(H2,17,19). The summed E-state index contributed by atoms with van der Waals surface area (Å²) in [5, 5.41) is 4.26. The van der Waals surface area contributed by atoms with Gasteiger partial charge in [-0.2, -0.15) is 0 Å². The molecule has 1 aliphatic rings. The summed E-state index contributed by atoms with van der Waals surface area (Å²) in [6.45, 7) is 6.27. The number of hydrogen-bond donors (Lipinski definition) is 2. The van der Waals surface area contributed by atoms with Crippen LogP contribution in [0.2, 0.25) is 5.02 Å². The fraction of sp³-hybridized carbons (Fsp3) is 0.667. The van der Waals surface area contributed by atoms with Gasteiger partial charge in [-0.3, -0.25) is 4.90 Å². The summed E-state index contributed by atoms with van der Waals surface area (Å²) in [6.07, 6.45) is 2.69. The van der Waals surface area contributed by atoms with Crippen molar-refractivity contribution < 1.29 is 0 Å². The van der Waals surface area contributed by atoms with Gasteiger partial charge in [0.25, 0.3) is 0 Å². The first-order valence-corrected chi connectivity index (χ1v) is 7.93. The minimum absolute atomic E-state index is 0.142. The lowest BCUT2D eigenvalue weighted by atomic mass is 9.96. The molecular weight excluding hydrogens is 286 g/mol. The van der Waals surface area contributed by atoms with E-state index in [1.54, 1.807) is 6.20 Å². The molecule has 2 heterocycles. The van der Waals surface area contributed by atoms with Gasteiger partial charge in [0, 0.05) is 37.4 Å². The molecule has 0 bridgehead atoms. The molecular formula is C15H26ClN5. The lowest BCUT2D eigenvalue weighted by Crippen LogP contribution is -2.55. The van der Waals surface area contributed by atoms with E-state index in [0.29, 0.717) is 16.9 Å². The summed E-state index contributed by atoms with van der Waals surface area (Å²) in [7, 11) is 4.34. The van der Waals surface area contributed by atoms with Gasteiger partial charge >= 0.3 is 0 Å². The average molecular weight is 312 g/mol. The Morgan fingerprint density at radius 3 is 2.95 bits per heavy atom. The number of hydrogen-bond acceptors (Lipinski definition) is 5. The van der Waals surface area contributed by atoms with E-state index in [1.807, 2.05) is 6.07 Å². The van der Waals surface area contributed by atoms with E-state index in [2.05, 4.69) is 41.1 Å². The van der Waals surface area contributed by atoms with Gasteiger partial charge in [-0.25, -0.2) is 4.98 Å². The Morgan fingerprint density at radius 1 is 1.48 bits per heavy atom. The molecule has 1 saturated heterocycles. The number of nitrogens with zero attached hydrogens (tertiary/aromatic N) is 3. The minimum atomic E-state index is 0.142. The van der Waals surface area contributed by atoms with Gasteiger partial charge in [-0.05, 0) is 33.1 Å². The van der Waals surface area contributed by atoms with Crippen molar-refractivity contribution >= 4 is 17.4 Å². The highest BCUT2D eigenvalue weighted by Gasteiger charge is 2.32. The number of rotatable bonds is 5. The number of nitrogens with two attached hydrogens (primary N) is 1. The van der Waals surface area contributed by atoms with E-state index in [4.69, 9.17) is 17.3 Å². The smallest absolute Gasteiger partial charge is 0.128 e. The first kappa shape index (κ1) is 16.5. The summed E-state index contributed by atoms with van der Waals surface area (Å²) in [5.41, 5.74) is 7.11. The molecule has 6 heteroatoms. The lowest BCUT2D eigenvalue weighted by molar-refractivity contribution is 0.0877. The third kappa shape index (κ3) is 4.07. The normalized spacial score (nSPS) is 22.4. The number of halogens is 1. The number of nitrogens with one attached hydrogen (secondary N) is 1. The molecule has 5 nitrogen and oxygen atoms in total. The minimum Gasteiger partial charge on any atom is -0.383 e. The Kier molecular flexibility index (Phi) is 5.81. The van der Waals surface area contributed by atoms with Crippen LogP contribution in [0.4, 0.5) is 5.82 Å². The van der Waals surface area contributed by atoms with E-state index in [-0.39, 0.29) is 6.04 Å². The summed E-state index contributed by atoms with van der Waals surface area (Å²) in [5.74, 6) is 0.564. The molecule has 1 aromatic rings. The number of aromatic nitrogens is 1. The van der Waals surface area contributed by atoms with Gasteiger partial charge in [-0.15, -0.1) is 0 Å². The molecule has 1 fully saturated rings. The summed E-state index contributed by atoms with van der Waals surface area (Å²) in [4.78, 5) is 8.98. The van der Waals surface area contributed by atoms with E-state index in [0.717, 1.165) is 38.2 Å². The number of likely N-dealkylation sites (N-methyl/N-ethyl adjacent to an activating group) is 2. The van der Waals surface area contributed by atoms with Crippen molar-refractivity contribution in [3.63, 3.8) is 0 Å². The van der Waals surface area contributed by atoms with Crippen LogP contribution in [0.1, 0.15) is 24.9 Å². The Hall–Kier alpha value is -0.880. The number of nitrogen functional groups attached to an aromatic ring is 1. The fourth-order valence-corrected chi connectivity index (χ4v) is 3.04. The van der Waals surface area contributed by atoms with Crippen LogP contribution < -0.4 is 11.1 Å². The summed E-state index contributed by atoms with van der Waals surface area (Å²) < 4.78 is 0. The number of anilines is 1. The zero-order valence-corrected chi connectivity index (χ0v) is 13.9. The van der Waals surface area contributed by atoms with E-state index in [9.17, 15) is 0 Å². The van der Waals surface area contributed by atoms with Gasteiger partial charge < -0.3 is 16.0 Å². The average Bonchev–Trinajstić information content (AvgIpc) is 2.46. The van der Waals surface area contributed by atoms with Crippen molar-refractivity contribution in [2.45, 2.75) is 25.4 Å². The molecule has 21 heavy (non-hydrogen) atoms. The molecule has 2 rings (SSSR count). The van der Waals surface area contributed by atoms with Gasteiger partial charge in [0.15, 0.2) is 0 Å². The van der Waals surface area contributed by atoms with Gasteiger partial charge in [0.2, 0.25) is 0 Å². The largest absolute Gasteiger partial charge is 0.383 e. The Morgan fingerprint density at radius 2 is 2.24 bits per heavy atom. The number of piperazine rings is 1. The van der Waals surface area contributed by atoms with E-state index >= 15 is 0 Å². The van der Waals surface area contributed by atoms with Crippen LogP contribution in [-0.4, -0.2) is 61.1 Å². The molecule has 2 atom stereocenters. The maximum atomic E-state index is 6.13. The highest BCUT2D eigenvalue weighted by molar-refractivity contribution is 6.30. The predicted molar refractivity (Wildman–Crippen MR) is 88.6 cm³/mol. The first-order chi connectivity index (χ1) is 10.0. The Bertz CT molecular complexity index is 467. The second-order valence-corrected chi connectivity index (χ2v) is 6.31. The second-order valence-electron chi connectivity index (χ2n) is 5.87. The number of pyridine rings is 1. The second kappa shape index (κ2) is 7.40. The molecule has 3 N–H and O–H groups in total. The van der Waals surface area contributed by atoms with E-state index < -0.39 is 0 Å². The van der Waals surface area contributed by atoms with Gasteiger partial charge in [-0.1, -0.05) is 18.5 Å². The maximum absolute atomic E-state index is 6.13. The third-order valence-corrected chi connectivity index (χ3v) is 4.36. The molecule has 1 aromatic heterocycles. The van der Waals surface area contributed by atoms with Crippen LogP contribution in [0.5, 0.6) is 0 Å². The molecule has 0 spiro atoms. The molecule has 0 amide bonds. The van der Waals surface area contributed by atoms with Crippen LogP contribution in [0.3, 0.4) is 0 Å². The zero-order chi connectivity index (χ0) is 15.4. The summed E-state index contributed by atoms with van der Waals surface area (Å²) in [6, 6.07) is 2.45. The van der Waals surface area contributed by atoms with Gasteiger partial charge in [0.1, 0.15) is 5.82 Å². The van der Waals surface area contributed by atoms with Crippen LogP contribution in [0, 0.1) is 0 Å². The van der Waals surface area contributed by atoms with Crippen LogP contribution in [0.25, 0.3) is 0 Å². The van der Waals surface area contributed by atoms with Crippen LogP contribution in [0.15, 0.2) is 12.3 Å². The van der Waals surface area contributed by atoms with E-state index in [1.165, 1.54) is 0 Å². The third-order valence-electron chi connectivity index (χ3n) is 4.15. The topological polar surface area (TPSA) is 57.4 Å². The zero-order valence-electron chi connectivity index (χ0n) is 13.1. The molecule has 0 aromatic carbocycles. The maximum Gasteiger partial charge on any atom is 0.128 e. The molecule has 0 aliphatic carbocycles. The quantitative estimate of drug-likeness (QED) is 0.865. The molecule has 2 unspecified atom stereocenters. The SMILES string of the molecule is CCCNC(c1cc(Cl)cnc1N)C1CN(C)CCN1C. The monoisotopic (exact) mass is 311 g/mol. The lowest BCUT2D eigenvalue weighted by Gasteiger charge is -2.42. The van der Waals surface area contributed by atoms with Crippen molar-refractivity contribution in [3.05, 3.63) is 22.8 Å². The van der Waals surface area contributed by atoms with Crippen molar-refractivity contribution in [2.24, 2.45) is 0 Å². The van der Waals surface area contributed by atoms with Crippen molar-refractivity contribution in [1.29, 1.82) is 0 Å².